The molecule has 0 saturated carbocycles. The van der Waals surface area contributed by atoms with Crippen molar-refractivity contribution >= 4 is 0 Å². The number of piperidine rings is 2. The maximum atomic E-state index is 6.16. The molecule has 0 amide bonds. The van der Waals surface area contributed by atoms with Gasteiger partial charge in [-0.2, -0.15) is 0 Å². The highest BCUT2D eigenvalue weighted by atomic mass is 15.2. The van der Waals surface area contributed by atoms with Gasteiger partial charge in [0.15, 0.2) is 0 Å². The second-order valence-electron chi connectivity index (χ2n) is 7.01. The third-order valence-corrected chi connectivity index (χ3v) is 5.40. The van der Waals surface area contributed by atoms with Crippen LogP contribution in [0.4, 0.5) is 0 Å². The molecule has 2 saturated heterocycles. The molecule has 0 aromatic carbocycles. The molecule has 0 aromatic heterocycles. The molecule has 0 radical (unpaired) electrons. The SMILES string of the molecule is CCN1CCC(CN)(N2CCC(C)(C)CC2)CC1. The van der Waals surface area contributed by atoms with Gasteiger partial charge in [0.25, 0.3) is 0 Å². The summed E-state index contributed by atoms with van der Waals surface area (Å²) in [7, 11) is 0. The van der Waals surface area contributed by atoms with Crippen molar-refractivity contribution in [1.82, 2.24) is 9.80 Å². The van der Waals surface area contributed by atoms with E-state index in [1.807, 2.05) is 0 Å². The zero-order valence-electron chi connectivity index (χ0n) is 12.5. The van der Waals surface area contributed by atoms with E-state index >= 15 is 0 Å². The fourth-order valence-electron chi connectivity index (χ4n) is 3.52. The Morgan fingerprint density at radius 2 is 1.50 bits per heavy atom. The lowest BCUT2D eigenvalue weighted by molar-refractivity contribution is -0.00796. The van der Waals surface area contributed by atoms with Crippen molar-refractivity contribution in [2.24, 2.45) is 11.1 Å². The molecule has 2 N–H and O–H groups in total. The largest absolute Gasteiger partial charge is 0.329 e. The summed E-state index contributed by atoms with van der Waals surface area (Å²) < 4.78 is 0. The number of nitrogens with two attached hydrogens (primary N) is 1. The minimum Gasteiger partial charge on any atom is -0.329 e. The number of likely N-dealkylation sites (tertiary alicyclic amines) is 2. The van der Waals surface area contributed by atoms with Gasteiger partial charge in [0.1, 0.15) is 0 Å². The third-order valence-electron chi connectivity index (χ3n) is 5.40. The zero-order chi connectivity index (χ0) is 13.2. The van der Waals surface area contributed by atoms with Crippen LogP contribution in [0.25, 0.3) is 0 Å². The first-order valence-electron chi connectivity index (χ1n) is 7.69. The monoisotopic (exact) mass is 253 g/mol. The van der Waals surface area contributed by atoms with Crippen LogP contribution < -0.4 is 5.73 Å². The molecule has 106 valence electrons. The summed E-state index contributed by atoms with van der Waals surface area (Å²) in [5.41, 5.74) is 7.01. The minimum atomic E-state index is 0.308. The van der Waals surface area contributed by atoms with Crippen molar-refractivity contribution in [3.63, 3.8) is 0 Å². The van der Waals surface area contributed by atoms with Crippen molar-refractivity contribution in [3.05, 3.63) is 0 Å². The Bertz CT molecular complexity index is 257. The predicted octanol–water partition coefficient (Wildman–Crippen LogP) is 1.92. The molecular weight excluding hydrogens is 222 g/mol. The van der Waals surface area contributed by atoms with Crippen LogP contribution in [0.5, 0.6) is 0 Å². The van der Waals surface area contributed by atoms with Crippen LogP contribution in [0.15, 0.2) is 0 Å². The molecule has 0 aliphatic carbocycles. The minimum absolute atomic E-state index is 0.308. The van der Waals surface area contributed by atoms with E-state index in [2.05, 4.69) is 30.6 Å². The van der Waals surface area contributed by atoms with E-state index in [-0.39, 0.29) is 0 Å². The lowest BCUT2D eigenvalue weighted by Crippen LogP contribution is -2.61. The first-order valence-corrected chi connectivity index (χ1v) is 7.69. The lowest BCUT2D eigenvalue weighted by atomic mass is 9.78. The molecule has 0 atom stereocenters. The Balaban J connectivity index is 1.97. The first-order chi connectivity index (χ1) is 8.51. The van der Waals surface area contributed by atoms with Crippen LogP contribution in [0, 0.1) is 5.41 Å². The van der Waals surface area contributed by atoms with Gasteiger partial charge in [-0.3, -0.25) is 4.90 Å². The van der Waals surface area contributed by atoms with Crippen LogP contribution in [0.3, 0.4) is 0 Å². The van der Waals surface area contributed by atoms with Crippen molar-refractivity contribution in [1.29, 1.82) is 0 Å². The average Bonchev–Trinajstić information content (AvgIpc) is 2.39. The smallest absolute Gasteiger partial charge is 0.0356 e. The van der Waals surface area contributed by atoms with Crippen molar-refractivity contribution < 1.29 is 0 Å². The summed E-state index contributed by atoms with van der Waals surface area (Å²) in [5.74, 6) is 0. The van der Waals surface area contributed by atoms with Gasteiger partial charge < -0.3 is 10.6 Å². The number of rotatable bonds is 3. The van der Waals surface area contributed by atoms with Crippen LogP contribution >= 0.6 is 0 Å². The van der Waals surface area contributed by atoms with E-state index in [1.54, 1.807) is 0 Å². The van der Waals surface area contributed by atoms with Crippen LogP contribution in [0.1, 0.15) is 46.5 Å². The second kappa shape index (κ2) is 5.48. The van der Waals surface area contributed by atoms with Crippen molar-refractivity contribution in [3.8, 4) is 0 Å². The predicted molar refractivity (Wildman–Crippen MR) is 77.7 cm³/mol. The zero-order valence-corrected chi connectivity index (χ0v) is 12.5. The molecular formula is C15H31N3. The van der Waals surface area contributed by atoms with Crippen molar-refractivity contribution in [2.75, 3.05) is 39.3 Å². The highest BCUT2D eigenvalue weighted by Crippen LogP contribution is 2.36. The first kappa shape index (κ1) is 14.3. The summed E-state index contributed by atoms with van der Waals surface area (Å²) in [6.07, 6.45) is 5.17. The summed E-state index contributed by atoms with van der Waals surface area (Å²) in [6.45, 7) is 14.0. The van der Waals surface area contributed by atoms with Gasteiger partial charge in [-0.25, -0.2) is 0 Å². The number of hydrogen-bond donors (Lipinski definition) is 1. The van der Waals surface area contributed by atoms with Gasteiger partial charge >= 0.3 is 0 Å². The molecule has 18 heavy (non-hydrogen) atoms. The van der Waals surface area contributed by atoms with Gasteiger partial charge in [0.05, 0.1) is 0 Å². The molecule has 2 aliphatic rings. The Morgan fingerprint density at radius 3 is 1.94 bits per heavy atom. The topological polar surface area (TPSA) is 32.5 Å². The maximum absolute atomic E-state index is 6.16. The summed E-state index contributed by atoms with van der Waals surface area (Å²) >= 11 is 0. The second-order valence-corrected chi connectivity index (χ2v) is 7.01. The van der Waals surface area contributed by atoms with E-state index in [4.69, 9.17) is 5.73 Å². The average molecular weight is 253 g/mol. The van der Waals surface area contributed by atoms with E-state index in [1.165, 1.54) is 58.4 Å². The number of hydrogen-bond acceptors (Lipinski definition) is 3. The molecule has 0 unspecified atom stereocenters. The van der Waals surface area contributed by atoms with Gasteiger partial charge in [-0.05, 0) is 63.8 Å². The van der Waals surface area contributed by atoms with Crippen LogP contribution in [-0.4, -0.2) is 54.6 Å². The Labute approximate surface area is 113 Å². The Morgan fingerprint density at radius 1 is 0.944 bits per heavy atom. The molecule has 0 spiro atoms. The molecule has 3 heteroatoms. The molecule has 2 aliphatic heterocycles. The summed E-state index contributed by atoms with van der Waals surface area (Å²) in [5, 5.41) is 0. The maximum Gasteiger partial charge on any atom is 0.0356 e. The van der Waals surface area contributed by atoms with E-state index in [0.29, 0.717) is 11.0 Å². The molecule has 0 bridgehead atoms. The third kappa shape index (κ3) is 2.89. The van der Waals surface area contributed by atoms with Gasteiger partial charge in [-0.15, -0.1) is 0 Å². The Hall–Kier alpha value is -0.120. The van der Waals surface area contributed by atoms with Crippen molar-refractivity contribution in [2.45, 2.75) is 52.0 Å². The normalized spacial score (nSPS) is 29.3. The Kier molecular flexibility index (Phi) is 4.35. The molecule has 0 aromatic rings. The van der Waals surface area contributed by atoms with Gasteiger partial charge in [0, 0.05) is 12.1 Å². The highest BCUT2D eigenvalue weighted by molar-refractivity contribution is 4.98. The van der Waals surface area contributed by atoms with E-state index in [9.17, 15) is 0 Å². The van der Waals surface area contributed by atoms with E-state index < -0.39 is 0 Å². The van der Waals surface area contributed by atoms with Crippen LogP contribution in [0.2, 0.25) is 0 Å². The van der Waals surface area contributed by atoms with Gasteiger partial charge in [0.2, 0.25) is 0 Å². The van der Waals surface area contributed by atoms with Gasteiger partial charge in [-0.1, -0.05) is 20.8 Å². The molecule has 3 nitrogen and oxygen atoms in total. The lowest BCUT2D eigenvalue weighted by Gasteiger charge is -2.52. The highest BCUT2D eigenvalue weighted by Gasteiger charge is 2.40. The van der Waals surface area contributed by atoms with E-state index in [0.717, 1.165) is 6.54 Å². The molecule has 2 rings (SSSR count). The number of nitrogens with zero attached hydrogens (tertiary/aromatic N) is 2. The standard InChI is InChI=1S/C15H31N3/c1-4-17-9-7-15(13-16,8-10-17)18-11-5-14(2,3)6-12-18/h4-13,16H2,1-3H3. The quantitative estimate of drug-likeness (QED) is 0.834. The van der Waals surface area contributed by atoms with Crippen LogP contribution in [-0.2, 0) is 0 Å². The fraction of sp³-hybridized carbons (Fsp3) is 1.00. The molecule has 2 fully saturated rings. The fourth-order valence-corrected chi connectivity index (χ4v) is 3.52. The summed E-state index contributed by atoms with van der Waals surface area (Å²) in [6, 6.07) is 0. The summed E-state index contributed by atoms with van der Waals surface area (Å²) in [4.78, 5) is 5.27. The molecule has 2 heterocycles.